The molecule has 0 spiro atoms. The number of aromatic nitrogens is 5. The zero-order chi connectivity index (χ0) is 15.4. The third-order valence-corrected chi connectivity index (χ3v) is 3.77. The molecule has 0 saturated heterocycles. The minimum absolute atomic E-state index is 0.0452. The summed E-state index contributed by atoms with van der Waals surface area (Å²) >= 11 is 0. The van der Waals surface area contributed by atoms with E-state index in [1.54, 1.807) is 18.6 Å². The lowest BCUT2D eigenvalue weighted by Crippen LogP contribution is -2.35. The van der Waals surface area contributed by atoms with Crippen molar-refractivity contribution in [3.63, 3.8) is 0 Å². The summed E-state index contributed by atoms with van der Waals surface area (Å²) in [5.41, 5.74) is 0.576. The summed E-state index contributed by atoms with van der Waals surface area (Å²) < 4.78 is 0. The van der Waals surface area contributed by atoms with Gasteiger partial charge in [0.05, 0.1) is 18.8 Å². The Balaban J connectivity index is 1.56. The third-order valence-electron chi connectivity index (χ3n) is 3.77. The second-order valence-electron chi connectivity index (χ2n) is 5.43. The van der Waals surface area contributed by atoms with Crippen LogP contribution >= 0.6 is 0 Å². The number of hydrogen-bond acceptors (Lipinski definition) is 6. The third kappa shape index (κ3) is 3.45. The molecule has 1 fully saturated rings. The second-order valence-corrected chi connectivity index (χ2v) is 5.43. The number of hydrogen-bond donors (Lipinski definition) is 3. The molecule has 0 aliphatic heterocycles. The summed E-state index contributed by atoms with van der Waals surface area (Å²) in [6.07, 6.45) is 7.40. The van der Waals surface area contributed by atoms with E-state index in [4.69, 9.17) is 0 Å². The van der Waals surface area contributed by atoms with Gasteiger partial charge in [-0.15, -0.1) is 0 Å². The van der Waals surface area contributed by atoms with E-state index in [9.17, 15) is 9.90 Å². The Hall–Kier alpha value is -2.35. The number of amides is 1. The SMILES string of the molecule is O=C(NCc1nc(-c2cnccn2)n[nH]1)[C@H]1CCC[C@@H](O)C1. The Morgan fingerprint density at radius 2 is 2.32 bits per heavy atom. The predicted octanol–water partition coefficient (Wildman–Crippen LogP) is 0.429. The van der Waals surface area contributed by atoms with Gasteiger partial charge in [0.2, 0.25) is 11.7 Å². The van der Waals surface area contributed by atoms with Crippen LogP contribution < -0.4 is 5.32 Å². The summed E-state index contributed by atoms with van der Waals surface area (Å²) in [6.45, 7) is 0.276. The predicted molar refractivity (Wildman–Crippen MR) is 77.2 cm³/mol. The highest BCUT2D eigenvalue weighted by Gasteiger charge is 2.25. The molecule has 0 bridgehead atoms. The number of carbonyl (C=O) groups is 1. The van der Waals surface area contributed by atoms with Gasteiger partial charge in [0.1, 0.15) is 11.5 Å². The van der Waals surface area contributed by atoms with Crippen molar-refractivity contribution in [2.75, 3.05) is 0 Å². The summed E-state index contributed by atoms with van der Waals surface area (Å²) in [5.74, 6) is 0.845. The lowest BCUT2D eigenvalue weighted by Gasteiger charge is -2.24. The van der Waals surface area contributed by atoms with Crippen LogP contribution in [0.15, 0.2) is 18.6 Å². The molecule has 2 aromatic rings. The molecular weight excluding hydrogens is 284 g/mol. The maximum absolute atomic E-state index is 12.1. The van der Waals surface area contributed by atoms with Crippen molar-refractivity contribution in [1.29, 1.82) is 0 Å². The van der Waals surface area contributed by atoms with Gasteiger partial charge in [-0.3, -0.25) is 14.9 Å². The molecule has 2 heterocycles. The van der Waals surface area contributed by atoms with Crippen molar-refractivity contribution in [3.05, 3.63) is 24.4 Å². The van der Waals surface area contributed by atoms with E-state index in [0.717, 1.165) is 19.3 Å². The molecule has 1 saturated carbocycles. The van der Waals surface area contributed by atoms with Gasteiger partial charge in [0.15, 0.2) is 0 Å². The molecule has 2 atom stereocenters. The van der Waals surface area contributed by atoms with Crippen molar-refractivity contribution in [3.8, 4) is 11.5 Å². The fraction of sp³-hybridized carbons (Fsp3) is 0.500. The first-order valence-electron chi connectivity index (χ1n) is 7.36. The number of rotatable bonds is 4. The Bertz CT molecular complexity index is 629. The number of aliphatic hydroxyl groups is 1. The zero-order valence-corrected chi connectivity index (χ0v) is 12.1. The number of aromatic amines is 1. The highest BCUT2D eigenvalue weighted by Crippen LogP contribution is 2.24. The highest BCUT2D eigenvalue weighted by atomic mass is 16.3. The molecule has 3 rings (SSSR count). The number of nitrogens with zero attached hydrogens (tertiary/aromatic N) is 4. The molecule has 22 heavy (non-hydrogen) atoms. The molecule has 3 N–H and O–H groups in total. The number of carbonyl (C=O) groups excluding carboxylic acids is 1. The van der Waals surface area contributed by atoms with E-state index < -0.39 is 0 Å². The Labute approximate surface area is 127 Å². The van der Waals surface area contributed by atoms with E-state index >= 15 is 0 Å². The fourth-order valence-electron chi connectivity index (χ4n) is 2.62. The molecule has 8 nitrogen and oxygen atoms in total. The van der Waals surface area contributed by atoms with Crippen LogP contribution in [0.1, 0.15) is 31.5 Å². The van der Waals surface area contributed by atoms with Gasteiger partial charge in [0.25, 0.3) is 0 Å². The quantitative estimate of drug-likeness (QED) is 0.754. The summed E-state index contributed by atoms with van der Waals surface area (Å²) in [5, 5.41) is 19.3. The molecule has 116 valence electrons. The lowest BCUT2D eigenvalue weighted by molar-refractivity contribution is -0.127. The van der Waals surface area contributed by atoms with Crippen LogP contribution in [0.25, 0.3) is 11.5 Å². The van der Waals surface area contributed by atoms with Crippen LogP contribution in [-0.4, -0.2) is 42.3 Å². The van der Waals surface area contributed by atoms with Gasteiger partial charge in [-0.25, -0.2) is 9.97 Å². The lowest BCUT2D eigenvalue weighted by atomic mass is 9.87. The Kier molecular flexibility index (Phi) is 4.38. The van der Waals surface area contributed by atoms with E-state index in [1.165, 1.54) is 0 Å². The number of H-pyrrole nitrogens is 1. The van der Waals surface area contributed by atoms with Gasteiger partial charge < -0.3 is 10.4 Å². The molecule has 8 heteroatoms. The fourth-order valence-corrected chi connectivity index (χ4v) is 2.62. The van der Waals surface area contributed by atoms with Crippen molar-refractivity contribution in [1.82, 2.24) is 30.5 Å². The Morgan fingerprint density at radius 3 is 3.09 bits per heavy atom. The van der Waals surface area contributed by atoms with Crippen LogP contribution in [0, 0.1) is 5.92 Å². The molecule has 0 aromatic carbocycles. The Morgan fingerprint density at radius 1 is 1.41 bits per heavy atom. The molecule has 1 aliphatic carbocycles. The van der Waals surface area contributed by atoms with Gasteiger partial charge >= 0.3 is 0 Å². The minimum atomic E-state index is -0.363. The van der Waals surface area contributed by atoms with Crippen molar-refractivity contribution in [2.24, 2.45) is 5.92 Å². The smallest absolute Gasteiger partial charge is 0.223 e. The van der Waals surface area contributed by atoms with E-state index in [0.29, 0.717) is 23.8 Å². The monoisotopic (exact) mass is 302 g/mol. The van der Waals surface area contributed by atoms with Crippen LogP contribution in [0.5, 0.6) is 0 Å². The first-order chi connectivity index (χ1) is 10.7. The molecular formula is C14H18N6O2. The molecule has 1 aliphatic rings. The normalized spacial score (nSPS) is 21.5. The number of nitrogens with one attached hydrogen (secondary N) is 2. The highest BCUT2D eigenvalue weighted by molar-refractivity contribution is 5.78. The van der Waals surface area contributed by atoms with Crippen molar-refractivity contribution >= 4 is 5.91 Å². The summed E-state index contributed by atoms with van der Waals surface area (Å²) in [6, 6.07) is 0. The average molecular weight is 302 g/mol. The van der Waals surface area contributed by atoms with Crippen molar-refractivity contribution < 1.29 is 9.90 Å². The average Bonchev–Trinajstić information content (AvgIpc) is 3.02. The van der Waals surface area contributed by atoms with E-state index in [1.807, 2.05) is 0 Å². The van der Waals surface area contributed by atoms with Crippen LogP contribution in [0.2, 0.25) is 0 Å². The van der Waals surface area contributed by atoms with E-state index in [-0.39, 0.29) is 24.5 Å². The standard InChI is InChI=1S/C14H18N6O2/c21-10-3-1-2-9(6-10)14(22)17-8-12-18-13(20-19-12)11-7-15-4-5-16-11/h4-5,7,9-10,21H,1-3,6,8H2,(H,17,22)(H,18,19,20)/t9-,10+/m0/s1. The van der Waals surface area contributed by atoms with Crippen molar-refractivity contribution in [2.45, 2.75) is 38.3 Å². The van der Waals surface area contributed by atoms with Gasteiger partial charge in [-0.2, -0.15) is 5.10 Å². The largest absolute Gasteiger partial charge is 0.393 e. The van der Waals surface area contributed by atoms with Gasteiger partial charge in [-0.05, 0) is 19.3 Å². The summed E-state index contributed by atoms with van der Waals surface area (Å²) in [7, 11) is 0. The molecule has 0 unspecified atom stereocenters. The maximum Gasteiger partial charge on any atom is 0.223 e. The van der Waals surface area contributed by atoms with Gasteiger partial charge in [0, 0.05) is 18.3 Å². The first-order valence-corrected chi connectivity index (χ1v) is 7.36. The molecule has 1 amide bonds. The first kappa shape index (κ1) is 14.6. The minimum Gasteiger partial charge on any atom is -0.393 e. The maximum atomic E-state index is 12.1. The second kappa shape index (κ2) is 6.61. The molecule has 2 aromatic heterocycles. The van der Waals surface area contributed by atoms with Crippen LogP contribution in [0.3, 0.4) is 0 Å². The topological polar surface area (TPSA) is 117 Å². The van der Waals surface area contributed by atoms with Gasteiger partial charge in [-0.1, -0.05) is 6.42 Å². The summed E-state index contributed by atoms with van der Waals surface area (Å²) in [4.78, 5) is 24.4. The van der Waals surface area contributed by atoms with Crippen LogP contribution in [0.4, 0.5) is 0 Å². The zero-order valence-electron chi connectivity index (χ0n) is 12.1. The van der Waals surface area contributed by atoms with E-state index in [2.05, 4.69) is 30.5 Å². The molecule has 0 radical (unpaired) electrons. The van der Waals surface area contributed by atoms with Crippen LogP contribution in [-0.2, 0) is 11.3 Å². The number of aliphatic hydroxyl groups excluding tert-OH is 1.